The van der Waals surface area contributed by atoms with Crippen molar-refractivity contribution < 1.29 is 38.4 Å². The molecule has 0 spiro atoms. The molecule has 1 heterocycles. The number of rotatable bonds is 14. The van der Waals surface area contributed by atoms with Crippen LogP contribution >= 0.6 is 0 Å². The van der Waals surface area contributed by atoms with Crippen molar-refractivity contribution in [1.82, 2.24) is 15.0 Å². The van der Waals surface area contributed by atoms with Crippen molar-refractivity contribution >= 4 is 11.9 Å². The van der Waals surface area contributed by atoms with Gasteiger partial charge in [-0.15, -0.1) is 15.0 Å². The van der Waals surface area contributed by atoms with E-state index < -0.39 is 24.1 Å². The van der Waals surface area contributed by atoms with E-state index in [9.17, 15) is 9.59 Å². The third kappa shape index (κ3) is 10.1. The largest absolute Gasteiger partial charge is 0.463 e. The predicted molar refractivity (Wildman–Crippen MR) is 99.5 cm³/mol. The molecule has 0 aliphatic heterocycles. The number of aliphatic hydroxyl groups is 1. The van der Waals surface area contributed by atoms with Gasteiger partial charge >= 0.3 is 30.0 Å². The lowest BCUT2D eigenvalue weighted by atomic mass is 10.4. The van der Waals surface area contributed by atoms with E-state index in [2.05, 4.69) is 28.1 Å². The third-order valence-corrected chi connectivity index (χ3v) is 2.97. The number of esters is 2. The summed E-state index contributed by atoms with van der Waals surface area (Å²) in [5, 5.41) is 8.85. The van der Waals surface area contributed by atoms with Crippen LogP contribution in [-0.2, 0) is 19.1 Å². The van der Waals surface area contributed by atoms with Crippen molar-refractivity contribution in [3.8, 4) is 18.0 Å². The summed E-state index contributed by atoms with van der Waals surface area (Å²) in [6, 6.07) is -0.317. The minimum atomic E-state index is -0.586. The first-order valence-corrected chi connectivity index (χ1v) is 8.79. The molecule has 0 saturated carbocycles. The van der Waals surface area contributed by atoms with Crippen LogP contribution in [0, 0.1) is 0 Å². The molecule has 11 heteroatoms. The molecule has 2 atom stereocenters. The van der Waals surface area contributed by atoms with Crippen LogP contribution in [0.4, 0.5) is 0 Å². The Balaban J connectivity index is 2.77. The standard InChI is InChI=1S/C18H25N3O8/c1-5-14(23)28-12(3)10-26-17-19-16(25-9-7-8-22)20-18(21-17)27-11-13(4)29-15(24)6-2/h5-6,12-13,22H,1-2,7-11H2,3-4H3. The van der Waals surface area contributed by atoms with Gasteiger partial charge in [0.25, 0.3) is 0 Å². The summed E-state index contributed by atoms with van der Waals surface area (Å²) in [5.41, 5.74) is 0. The molecule has 1 aromatic rings. The zero-order chi connectivity index (χ0) is 21.6. The topological polar surface area (TPSA) is 139 Å². The number of carbonyl (C=O) groups is 2. The first-order chi connectivity index (χ1) is 13.9. The van der Waals surface area contributed by atoms with E-state index in [1.807, 2.05) is 0 Å². The van der Waals surface area contributed by atoms with Crippen LogP contribution < -0.4 is 14.2 Å². The molecule has 1 aromatic heterocycles. The van der Waals surface area contributed by atoms with Crippen LogP contribution in [-0.4, -0.2) is 70.6 Å². The van der Waals surface area contributed by atoms with Crippen molar-refractivity contribution in [2.24, 2.45) is 0 Å². The smallest absolute Gasteiger partial charge is 0.330 e. The molecule has 29 heavy (non-hydrogen) atoms. The zero-order valence-corrected chi connectivity index (χ0v) is 16.4. The van der Waals surface area contributed by atoms with Gasteiger partial charge in [-0.3, -0.25) is 0 Å². The van der Waals surface area contributed by atoms with Gasteiger partial charge in [0.15, 0.2) is 0 Å². The second kappa shape index (κ2) is 13.0. The Kier molecular flexibility index (Phi) is 10.7. The van der Waals surface area contributed by atoms with Gasteiger partial charge in [0.2, 0.25) is 0 Å². The molecular weight excluding hydrogens is 386 g/mol. The van der Waals surface area contributed by atoms with Gasteiger partial charge < -0.3 is 28.8 Å². The molecule has 0 aliphatic rings. The van der Waals surface area contributed by atoms with Crippen LogP contribution in [0.2, 0.25) is 0 Å². The lowest BCUT2D eigenvalue weighted by Crippen LogP contribution is -2.23. The summed E-state index contributed by atoms with van der Waals surface area (Å²) in [7, 11) is 0. The average Bonchev–Trinajstić information content (AvgIpc) is 2.70. The van der Waals surface area contributed by atoms with E-state index in [1.165, 1.54) is 0 Å². The summed E-state index contributed by atoms with van der Waals surface area (Å²) < 4.78 is 26.1. The number of ether oxygens (including phenoxy) is 5. The summed E-state index contributed by atoms with van der Waals surface area (Å²) in [4.78, 5) is 34.3. The highest BCUT2D eigenvalue weighted by Gasteiger charge is 2.15. The van der Waals surface area contributed by atoms with E-state index in [4.69, 9.17) is 28.8 Å². The van der Waals surface area contributed by atoms with Gasteiger partial charge in [0, 0.05) is 25.2 Å². The van der Waals surface area contributed by atoms with Crippen LogP contribution in [0.1, 0.15) is 20.3 Å². The Bertz CT molecular complexity index is 647. The molecule has 0 amide bonds. The van der Waals surface area contributed by atoms with Gasteiger partial charge in [0.05, 0.1) is 6.61 Å². The molecule has 0 fully saturated rings. The fourth-order valence-corrected chi connectivity index (χ4v) is 1.69. The van der Waals surface area contributed by atoms with Gasteiger partial charge in [-0.25, -0.2) is 9.59 Å². The minimum Gasteiger partial charge on any atom is -0.463 e. The van der Waals surface area contributed by atoms with Crippen LogP contribution in [0.3, 0.4) is 0 Å². The molecule has 1 rings (SSSR count). The molecule has 160 valence electrons. The highest BCUT2D eigenvalue weighted by Crippen LogP contribution is 2.16. The average molecular weight is 411 g/mol. The van der Waals surface area contributed by atoms with Gasteiger partial charge in [0.1, 0.15) is 25.4 Å². The lowest BCUT2D eigenvalue weighted by molar-refractivity contribution is -0.144. The molecule has 0 saturated heterocycles. The number of aromatic nitrogens is 3. The van der Waals surface area contributed by atoms with Crippen molar-refractivity contribution in [3.05, 3.63) is 25.3 Å². The predicted octanol–water partition coefficient (Wildman–Crippen LogP) is 0.626. The maximum atomic E-state index is 11.2. The van der Waals surface area contributed by atoms with Crippen molar-refractivity contribution in [2.45, 2.75) is 32.5 Å². The van der Waals surface area contributed by atoms with E-state index in [-0.39, 0.29) is 44.5 Å². The molecule has 2 unspecified atom stereocenters. The minimum absolute atomic E-state index is 0.0353. The number of nitrogens with zero attached hydrogens (tertiary/aromatic N) is 3. The summed E-state index contributed by atoms with van der Waals surface area (Å²) in [6.07, 6.45) is 1.29. The number of hydrogen-bond donors (Lipinski definition) is 1. The highest BCUT2D eigenvalue weighted by atomic mass is 16.6. The quantitative estimate of drug-likeness (QED) is 0.262. The molecule has 0 aliphatic carbocycles. The monoisotopic (exact) mass is 411 g/mol. The Hall–Kier alpha value is -3.21. The Labute approximate surface area is 168 Å². The number of aliphatic hydroxyl groups excluding tert-OH is 1. The van der Waals surface area contributed by atoms with E-state index in [0.717, 1.165) is 12.2 Å². The molecule has 11 nitrogen and oxygen atoms in total. The number of carbonyl (C=O) groups excluding carboxylic acids is 2. The second-order valence-corrected chi connectivity index (χ2v) is 5.63. The summed E-state index contributed by atoms with van der Waals surface area (Å²) in [5.74, 6) is -1.17. The van der Waals surface area contributed by atoms with Crippen molar-refractivity contribution in [1.29, 1.82) is 0 Å². The molecular formula is C18H25N3O8. The van der Waals surface area contributed by atoms with Crippen LogP contribution in [0.15, 0.2) is 25.3 Å². The Morgan fingerprint density at radius 2 is 1.31 bits per heavy atom. The maximum absolute atomic E-state index is 11.2. The Morgan fingerprint density at radius 3 is 1.69 bits per heavy atom. The highest BCUT2D eigenvalue weighted by molar-refractivity contribution is 5.81. The van der Waals surface area contributed by atoms with Gasteiger partial charge in [-0.2, -0.15) is 0 Å². The lowest BCUT2D eigenvalue weighted by Gasteiger charge is -2.14. The second-order valence-electron chi connectivity index (χ2n) is 5.63. The molecule has 0 bridgehead atoms. The normalized spacial score (nSPS) is 12.2. The van der Waals surface area contributed by atoms with Crippen LogP contribution in [0.25, 0.3) is 0 Å². The third-order valence-electron chi connectivity index (χ3n) is 2.97. The SMILES string of the molecule is C=CC(=O)OC(C)COc1nc(OCCCO)nc(OCC(C)OC(=O)C=C)n1. The van der Waals surface area contributed by atoms with E-state index in [0.29, 0.717) is 6.42 Å². The molecule has 0 radical (unpaired) electrons. The van der Waals surface area contributed by atoms with E-state index in [1.54, 1.807) is 13.8 Å². The molecule has 1 N–H and O–H groups in total. The maximum Gasteiger partial charge on any atom is 0.330 e. The fraction of sp³-hybridized carbons (Fsp3) is 0.500. The summed E-state index contributed by atoms with van der Waals surface area (Å²) >= 11 is 0. The van der Waals surface area contributed by atoms with Gasteiger partial charge in [-0.1, -0.05) is 13.2 Å². The first-order valence-electron chi connectivity index (χ1n) is 8.79. The Morgan fingerprint density at radius 1 is 0.897 bits per heavy atom. The fourth-order valence-electron chi connectivity index (χ4n) is 1.69. The van der Waals surface area contributed by atoms with Crippen molar-refractivity contribution in [2.75, 3.05) is 26.4 Å². The number of hydrogen-bond acceptors (Lipinski definition) is 11. The first kappa shape index (κ1) is 23.8. The van der Waals surface area contributed by atoms with Crippen molar-refractivity contribution in [3.63, 3.8) is 0 Å². The summed E-state index contributed by atoms with van der Waals surface area (Å²) in [6.45, 7) is 9.90. The van der Waals surface area contributed by atoms with E-state index >= 15 is 0 Å². The van der Waals surface area contributed by atoms with Crippen LogP contribution in [0.5, 0.6) is 18.0 Å². The van der Waals surface area contributed by atoms with Gasteiger partial charge in [-0.05, 0) is 13.8 Å². The zero-order valence-electron chi connectivity index (χ0n) is 16.4. The molecule has 0 aromatic carbocycles.